The van der Waals surface area contributed by atoms with Crippen LogP contribution in [0.4, 0.5) is 0 Å². The van der Waals surface area contributed by atoms with E-state index in [-0.39, 0.29) is 11.9 Å². The molecular formula is C7H13N3O2. The number of hydrogen-bond donors (Lipinski definition) is 1. The lowest BCUT2D eigenvalue weighted by atomic mass is 10.1. The fraction of sp³-hybridized carbons (Fsp3) is 0.857. The van der Waals surface area contributed by atoms with E-state index < -0.39 is 0 Å². The standard InChI is InChI=1S/C7H13N3O2/c1-6(11)8-7-2-4-10(9-12)5-3-7/h7H,2-5H2,1H3,(H,8,11). The van der Waals surface area contributed by atoms with Crippen molar-refractivity contribution >= 4 is 5.91 Å². The summed E-state index contributed by atoms with van der Waals surface area (Å²) in [5, 5.41) is 7.13. The quantitative estimate of drug-likeness (QED) is 0.606. The van der Waals surface area contributed by atoms with E-state index in [2.05, 4.69) is 10.6 Å². The van der Waals surface area contributed by atoms with E-state index in [4.69, 9.17) is 0 Å². The van der Waals surface area contributed by atoms with Gasteiger partial charge in [-0.2, -0.15) is 0 Å². The lowest BCUT2D eigenvalue weighted by Gasteiger charge is -2.27. The van der Waals surface area contributed by atoms with Gasteiger partial charge in [-0.25, -0.2) is 0 Å². The molecule has 5 heteroatoms. The second-order valence-corrected chi connectivity index (χ2v) is 3.01. The first-order valence-electron chi connectivity index (χ1n) is 4.07. The minimum Gasteiger partial charge on any atom is -0.353 e. The maximum Gasteiger partial charge on any atom is 0.217 e. The van der Waals surface area contributed by atoms with Crippen LogP contribution < -0.4 is 5.32 Å². The van der Waals surface area contributed by atoms with Crippen LogP contribution in [0.2, 0.25) is 0 Å². The highest BCUT2D eigenvalue weighted by atomic mass is 16.3. The fourth-order valence-electron chi connectivity index (χ4n) is 1.38. The molecule has 0 saturated carbocycles. The van der Waals surface area contributed by atoms with Gasteiger partial charge in [-0.15, -0.1) is 4.91 Å². The van der Waals surface area contributed by atoms with Crippen LogP contribution in [0.5, 0.6) is 0 Å². The smallest absolute Gasteiger partial charge is 0.217 e. The third-order valence-electron chi connectivity index (χ3n) is 1.99. The summed E-state index contributed by atoms with van der Waals surface area (Å²) in [6.45, 7) is 2.80. The lowest BCUT2D eigenvalue weighted by molar-refractivity contribution is -0.119. The zero-order valence-electron chi connectivity index (χ0n) is 7.12. The molecule has 1 amide bonds. The van der Waals surface area contributed by atoms with Gasteiger partial charge in [-0.05, 0) is 12.8 Å². The number of nitrogens with zero attached hydrogens (tertiary/aromatic N) is 2. The molecule has 1 fully saturated rings. The van der Waals surface area contributed by atoms with Crippen molar-refractivity contribution < 1.29 is 4.79 Å². The average molecular weight is 171 g/mol. The zero-order valence-corrected chi connectivity index (χ0v) is 7.12. The minimum atomic E-state index is -0.00693. The van der Waals surface area contributed by atoms with E-state index in [9.17, 15) is 9.70 Å². The summed E-state index contributed by atoms with van der Waals surface area (Å²) in [5.74, 6) is -0.00693. The normalized spacial score (nSPS) is 18.9. The van der Waals surface area contributed by atoms with Crippen LogP contribution in [0.25, 0.3) is 0 Å². The fourth-order valence-corrected chi connectivity index (χ4v) is 1.38. The van der Waals surface area contributed by atoms with E-state index in [0.29, 0.717) is 13.1 Å². The first-order chi connectivity index (χ1) is 5.72. The van der Waals surface area contributed by atoms with Gasteiger partial charge in [0.25, 0.3) is 0 Å². The van der Waals surface area contributed by atoms with Gasteiger partial charge < -0.3 is 5.32 Å². The zero-order chi connectivity index (χ0) is 8.97. The topological polar surface area (TPSA) is 61.8 Å². The molecule has 1 N–H and O–H groups in total. The van der Waals surface area contributed by atoms with E-state index in [1.807, 2.05) is 0 Å². The van der Waals surface area contributed by atoms with Crippen LogP contribution in [-0.2, 0) is 4.79 Å². The Morgan fingerprint density at radius 3 is 2.50 bits per heavy atom. The van der Waals surface area contributed by atoms with Crippen LogP contribution in [0.3, 0.4) is 0 Å². The predicted molar refractivity (Wildman–Crippen MR) is 44.2 cm³/mol. The summed E-state index contributed by atoms with van der Waals surface area (Å²) in [7, 11) is 0. The summed E-state index contributed by atoms with van der Waals surface area (Å²) >= 11 is 0. The first kappa shape index (κ1) is 8.96. The number of carbonyl (C=O) groups excluding carboxylic acids is 1. The number of nitroso groups, excluding NO2 is 1. The van der Waals surface area contributed by atoms with Crippen LogP contribution in [0.15, 0.2) is 5.29 Å². The number of amides is 1. The Balaban J connectivity index is 2.26. The number of carbonyl (C=O) groups is 1. The Bertz CT molecular complexity index is 175. The van der Waals surface area contributed by atoms with Crippen molar-refractivity contribution in [3.05, 3.63) is 4.91 Å². The molecular weight excluding hydrogens is 158 g/mol. The van der Waals surface area contributed by atoms with Crippen molar-refractivity contribution in [2.75, 3.05) is 13.1 Å². The number of nitrogens with one attached hydrogen (secondary N) is 1. The van der Waals surface area contributed by atoms with Crippen LogP contribution in [-0.4, -0.2) is 30.0 Å². The first-order valence-corrected chi connectivity index (χ1v) is 4.07. The maximum absolute atomic E-state index is 10.7. The highest BCUT2D eigenvalue weighted by Crippen LogP contribution is 2.09. The molecule has 0 spiro atoms. The molecule has 0 radical (unpaired) electrons. The Morgan fingerprint density at radius 2 is 2.08 bits per heavy atom. The second kappa shape index (κ2) is 4.04. The van der Waals surface area contributed by atoms with Crippen molar-refractivity contribution in [3.8, 4) is 0 Å². The molecule has 1 heterocycles. The molecule has 0 bridgehead atoms. The molecule has 1 aliphatic heterocycles. The van der Waals surface area contributed by atoms with Gasteiger partial charge in [0.1, 0.15) is 0 Å². The van der Waals surface area contributed by atoms with Gasteiger partial charge in [0.15, 0.2) is 0 Å². The van der Waals surface area contributed by atoms with E-state index in [1.165, 1.54) is 11.9 Å². The molecule has 1 saturated heterocycles. The molecule has 1 rings (SSSR count). The van der Waals surface area contributed by atoms with Gasteiger partial charge >= 0.3 is 0 Å². The summed E-state index contributed by atoms with van der Waals surface area (Å²) in [6.07, 6.45) is 1.62. The molecule has 12 heavy (non-hydrogen) atoms. The maximum atomic E-state index is 10.7. The van der Waals surface area contributed by atoms with Gasteiger partial charge in [0.2, 0.25) is 5.91 Å². The minimum absolute atomic E-state index is 0.00693. The molecule has 68 valence electrons. The molecule has 0 atom stereocenters. The predicted octanol–water partition coefficient (Wildman–Crippen LogP) is 0.268. The molecule has 0 aromatic heterocycles. The summed E-state index contributed by atoms with van der Waals surface area (Å²) in [5.41, 5.74) is 0. The summed E-state index contributed by atoms with van der Waals surface area (Å²) < 4.78 is 0. The van der Waals surface area contributed by atoms with Crippen LogP contribution in [0.1, 0.15) is 19.8 Å². The summed E-state index contributed by atoms with van der Waals surface area (Å²) in [6, 6.07) is 0.223. The van der Waals surface area contributed by atoms with Crippen molar-refractivity contribution in [2.45, 2.75) is 25.8 Å². The van der Waals surface area contributed by atoms with Crippen molar-refractivity contribution in [2.24, 2.45) is 5.29 Å². The SMILES string of the molecule is CC(=O)NC1CCN(N=O)CC1. The number of rotatable bonds is 2. The van der Waals surface area contributed by atoms with Crippen molar-refractivity contribution in [1.29, 1.82) is 0 Å². The van der Waals surface area contributed by atoms with E-state index in [1.54, 1.807) is 0 Å². The van der Waals surface area contributed by atoms with Crippen LogP contribution >= 0.6 is 0 Å². The monoisotopic (exact) mass is 171 g/mol. The highest BCUT2D eigenvalue weighted by molar-refractivity contribution is 5.73. The Hall–Kier alpha value is -1.13. The molecule has 0 unspecified atom stereocenters. The van der Waals surface area contributed by atoms with Gasteiger partial charge in [-0.3, -0.25) is 9.80 Å². The van der Waals surface area contributed by atoms with Gasteiger partial charge in [-0.1, -0.05) is 0 Å². The molecule has 0 aromatic rings. The number of hydrogen-bond acceptors (Lipinski definition) is 3. The van der Waals surface area contributed by atoms with Gasteiger partial charge in [0, 0.05) is 26.1 Å². The lowest BCUT2D eigenvalue weighted by Crippen LogP contribution is -2.42. The largest absolute Gasteiger partial charge is 0.353 e. The van der Waals surface area contributed by atoms with Crippen LogP contribution in [0, 0.1) is 4.91 Å². The Labute approximate surface area is 71.1 Å². The van der Waals surface area contributed by atoms with E-state index >= 15 is 0 Å². The van der Waals surface area contributed by atoms with E-state index in [0.717, 1.165) is 12.8 Å². The molecule has 0 aliphatic carbocycles. The third-order valence-corrected chi connectivity index (χ3v) is 1.99. The Kier molecular flexibility index (Phi) is 3.01. The molecule has 0 aromatic carbocycles. The van der Waals surface area contributed by atoms with Gasteiger partial charge in [0.05, 0.1) is 5.29 Å². The second-order valence-electron chi connectivity index (χ2n) is 3.01. The number of piperidine rings is 1. The van der Waals surface area contributed by atoms with Crippen molar-refractivity contribution in [1.82, 2.24) is 10.3 Å². The highest BCUT2D eigenvalue weighted by Gasteiger charge is 2.18. The average Bonchev–Trinajstić information content (AvgIpc) is 2.05. The molecule has 1 aliphatic rings. The third kappa shape index (κ3) is 2.48. The van der Waals surface area contributed by atoms with Crippen molar-refractivity contribution in [3.63, 3.8) is 0 Å². The summed E-state index contributed by atoms with van der Waals surface area (Å²) in [4.78, 5) is 20.7. The Morgan fingerprint density at radius 1 is 1.50 bits per heavy atom. The molecule has 5 nitrogen and oxygen atoms in total.